The highest BCUT2D eigenvalue weighted by Gasteiger charge is 2.15. The minimum absolute atomic E-state index is 0.0992. The Morgan fingerprint density at radius 1 is 1.08 bits per heavy atom. The largest absolute Gasteiger partial charge is 0.458 e. The number of hydrogen-bond donors (Lipinski definition) is 0. The van der Waals surface area contributed by atoms with Crippen molar-refractivity contribution in [1.82, 2.24) is 0 Å². The summed E-state index contributed by atoms with van der Waals surface area (Å²) in [5, 5.41) is 19.4. The topological polar surface area (TPSA) is 114 Å². The molecule has 0 fully saturated rings. The molecule has 186 valence electrons. The first kappa shape index (κ1) is 27.0. The number of nitro groups is 1. The van der Waals surface area contributed by atoms with Crippen LogP contribution in [0.4, 0.5) is 22.7 Å². The number of Topliss-reactive ketones (excluding diaryl/α,β-unsaturated/α-hetero) is 1. The molecule has 0 aliphatic heterocycles. The van der Waals surface area contributed by atoms with E-state index in [0.29, 0.717) is 23.2 Å². The monoisotopic (exact) mass is 572 g/mol. The average Bonchev–Trinajstić information content (AvgIpc) is 2.85. The quantitative estimate of drug-likeness (QED) is 0.106. The lowest BCUT2D eigenvalue weighted by atomic mass is 10.2. The number of carbonyl (C=O) groups is 2. The molecule has 0 bridgehead atoms. The Morgan fingerprint density at radius 2 is 1.78 bits per heavy atom. The van der Waals surface area contributed by atoms with Crippen LogP contribution in [0.15, 0.2) is 81.4 Å². The van der Waals surface area contributed by atoms with Gasteiger partial charge in [-0.2, -0.15) is 5.11 Å². The number of esters is 1. The molecular formula is C25H22BrClN4O5. The molecule has 3 aromatic carbocycles. The number of hydrogen-bond acceptors (Lipinski definition) is 8. The predicted molar refractivity (Wildman–Crippen MR) is 140 cm³/mol. The second-order valence-electron chi connectivity index (χ2n) is 7.75. The summed E-state index contributed by atoms with van der Waals surface area (Å²) in [5.74, 6) is -0.657. The summed E-state index contributed by atoms with van der Waals surface area (Å²) in [5.41, 5.74) is 2.59. The zero-order valence-corrected chi connectivity index (χ0v) is 21.6. The van der Waals surface area contributed by atoms with Crippen LogP contribution in [0.3, 0.4) is 0 Å². The zero-order chi connectivity index (χ0) is 26.1. The van der Waals surface area contributed by atoms with Gasteiger partial charge in [-0.05, 0) is 52.7 Å². The van der Waals surface area contributed by atoms with Gasteiger partial charge in [0.15, 0.2) is 5.78 Å². The third-order valence-corrected chi connectivity index (χ3v) is 5.82. The van der Waals surface area contributed by atoms with Crippen LogP contribution in [0, 0.1) is 10.1 Å². The number of nitro benzene ring substituents is 1. The highest BCUT2D eigenvalue weighted by molar-refractivity contribution is 9.10. The molecular weight excluding hydrogens is 552 g/mol. The molecule has 0 aromatic heterocycles. The van der Waals surface area contributed by atoms with Crippen molar-refractivity contribution in [3.63, 3.8) is 0 Å². The lowest BCUT2D eigenvalue weighted by Gasteiger charge is -2.25. The molecule has 0 unspecified atom stereocenters. The molecule has 0 N–H and O–H groups in total. The van der Waals surface area contributed by atoms with Gasteiger partial charge < -0.3 is 9.64 Å². The van der Waals surface area contributed by atoms with Crippen molar-refractivity contribution in [2.75, 3.05) is 18.1 Å². The third-order valence-electron chi connectivity index (χ3n) is 4.93. The van der Waals surface area contributed by atoms with Crippen molar-refractivity contribution in [2.24, 2.45) is 10.2 Å². The molecule has 0 radical (unpaired) electrons. The molecule has 0 saturated heterocycles. The number of carbonyl (C=O) groups excluding carboxylic acids is 2. The van der Waals surface area contributed by atoms with Crippen LogP contribution in [0.5, 0.6) is 0 Å². The van der Waals surface area contributed by atoms with Crippen LogP contribution in [-0.2, 0) is 20.9 Å². The Hall–Kier alpha value is -3.63. The molecule has 3 rings (SSSR count). The summed E-state index contributed by atoms with van der Waals surface area (Å²) in [4.78, 5) is 35.6. The van der Waals surface area contributed by atoms with Crippen molar-refractivity contribution in [3.8, 4) is 0 Å². The number of nitrogens with zero attached hydrogens (tertiary/aromatic N) is 4. The lowest BCUT2D eigenvalue weighted by Crippen LogP contribution is -2.26. The minimum atomic E-state index is -0.541. The van der Waals surface area contributed by atoms with Crippen LogP contribution in [0.25, 0.3) is 0 Å². The van der Waals surface area contributed by atoms with Crippen LogP contribution < -0.4 is 4.90 Å². The first-order chi connectivity index (χ1) is 17.2. The summed E-state index contributed by atoms with van der Waals surface area (Å²) in [6.07, 6.45) is 0.119. The third kappa shape index (κ3) is 7.96. The fourth-order valence-electron chi connectivity index (χ4n) is 3.17. The molecule has 0 saturated carbocycles. The second-order valence-corrected chi connectivity index (χ2v) is 9.01. The Bertz CT molecular complexity index is 1250. The van der Waals surface area contributed by atoms with E-state index in [9.17, 15) is 19.7 Å². The highest BCUT2D eigenvalue weighted by atomic mass is 79.9. The first-order valence-corrected chi connectivity index (χ1v) is 12.0. The van der Waals surface area contributed by atoms with Gasteiger partial charge in [-0.25, -0.2) is 0 Å². The van der Waals surface area contributed by atoms with Crippen molar-refractivity contribution in [3.05, 3.63) is 91.9 Å². The summed E-state index contributed by atoms with van der Waals surface area (Å²) in [7, 11) is 0. The van der Waals surface area contributed by atoms with E-state index in [1.54, 1.807) is 12.1 Å². The van der Waals surface area contributed by atoms with E-state index in [2.05, 4.69) is 26.2 Å². The number of ether oxygens (including phenoxy) is 1. The summed E-state index contributed by atoms with van der Waals surface area (Å²) >= 11 is 9.38. The normalized spacial score (nSPS) is 10.9. The number of anilines is 1. The zero-order valence-electron chi connectivity index (χ0n) is 19.3. The molecule has 36 heavy (non-hydrogen) atoms. The van der Waals surface area contributed by atoms with Gasteiger partial charge in [0.2, 0.25) is 0 Å². The maximum atomic E-state index is 12.0. The molecule has 11 heteroatoms. The van der Waals surface area contributed by atoms with Gasteiger partial charge in [-0.3, -0.25) is 19.7 Å². The number of azo groups is 1. The van der Waals surface area contributed by atoms with Gasteiger partial charge in [0.05, 0.1) is 26.5 Å². The molecule has 0 atom stereocenters. The van der Waals surface area contributed by atoms with Crippen molar-refractivity contribution in [1.29, 1.82) is 0 Å². The number of ketones is 1. The molecule has 3 aromatic rings. The van der Waals surface area contributed by atoms with E-state index < -0.39 is 10.9 Å². The maximum absolute atomic E-state index is 12.0. The van der Waals surface area contributed by atoms with Gasteiger partial charge in [-0.1, -0.05) is 41.9 Å². The Balaban J connectivity index is 1.75. The second kappa shape index (κ2) is 12.9. The van der Waals surface area contributed by atoms with Crippen molar-refractivity contribution >= 4 is 62.0 Å². The molecule has 0 aliphatic rings. The van der Waals surface area contributed by atoms with E-state index in [0.717, 1.165) is 11.3 Å². The Kier molecular flexibility index (Phi) is 9.66. The average molecular weight is 574 g/mol. The summed E-state index contributed by atoms with van der Waals surface area (Å²) < 4.78 is 5.33. The van der Waals surface area contributed by atoms with Crippen LogP contribution >= 0.6 is 27.5 Å². The number of halogens is 2. The van der Waals surface area contributed by atoms with E-state index in [-0.39, 0.29) is 35.2 Å². The lowest BCUT2D eigenvalue weighted by molar-refractivity contribution is -0.384. The SMILES string of the molecule is CC(=O)COC(=O)CCN(Cc1ccccc1)c1ccc(N=Nc2c(Cl)cc([N+](=O)[O-])cc2Br)cc1. The van der Waals surface area contributed by atoms with Crippen molar-refractivity contribution < 1.29 is 19.2 Å². The number of rotatable bonds is 11. The molecule has 9 nitrogen and oxygen atoms in total. The number of non-ortho nitro benzene ring substituents is 1. The minimum Gasteiger partial charge on any atom is -0.458 e. The van der Waals surface area contributed by atoms with Gasteiger partial charge in [-0.15, -0.1) is 5.11 Å². The summed E-state index contributed by atoms with van der Waals surface area (Å²) in [6, 6.07) is 19.6. The van der Waals surface area contributed by atoms with E-state index >= 15 is 0 Å². The standard InChI is InChI=1S/C25H22BrClN4O5/c1-17(32)16-36-24(33)11-12-30(15-18-5-3-2-4-6-18)20-9-7-19(8-10-20)28-29-25-22(26)13-21(31(34)35)14-23(25)27/h2-10,13-14H,11-12,15-16H2,1H3. The van der Waals surface area contributed by atoms with Crippen LogP contribution in [0.1, 0.15) is 18.9 Å². The molecule has 0 heterocycles. The van der Waals surface area contributed by atoms with Crippen LogP contribution in [0.2, 0.25) is 5.02 Å². The van der Waals surface area contributed by atoms with Gasteiger partial charge in [0, 0.05) is 30.9 Å². The van der Waals surface area contributed by atoms with E-state index in [1.165, 1.54) is 19.1 Å². The van der Waals surface area contributed by atoms with Crippen molar-refractivity contribution in [2.45, 2.75) is 19.9 Å². The fourth-order valence-corrected chi connectivity index (χ4v) is 4.07. The summed E-state index contributed by atoms with van der Waals surface area (Å²) in [6.45, 7) is 2.08. The maximum Gasteiger partial charge on any atom is 0.308 e. The van der Waals surface area contributed by atoms with Gasteiger partial charge in [0.1, 0.15) is 12.3 Å². The van der Waals surface area contributed by atoms with E-state index in [4.69, 9.17) is 16.3 Å². The smallest absolute Gasteiger partial charge is 0.308 e. The van der Waals surface area contributed by atoms with Crippen LogP contribution in [-0.4, -0.2) is 29.8 Å². The van der Waals surface area contributed by atoms with E-state index in [1.807, 2.05) is 47.4 Å². The van der Waals surface area contributed by atoms with Gasteiger partial charge in [0.25, 0.3) is 5.69 Å². The predicted octanol–water partition coefficient (Wildman–Crippen LogP) is 6.96. The molecule has 0 spiro atoms. The first-order valence-electron chi connectivity index (χ1n) is 10.8. The molecule has 0 aliphatic carbocycles. The Labute approximate surface area is 221 Å². The Morgan fingerprint density at radius 3 is 2.39 bits per heavy atom. The highest BCUT2D eigenvalue weighted by Crippen LogP contribution is 2.38. The molecule has 0 amide bonds. The number of benzene rings is 3. The fraction of sp³-hybridized carbons (Fsp3) is 0.200. The van der Waals surface area contributed by atoms with Gasteiger partial charge >= 0.3 is 5.97 Å².